The SMILES string of the molecule is Nc1cc2c(=O)[nH]cnc2cc1OC1COC1. The average Bonchev–Trinajstić information content (AvgIpc) is 2.25. The molecule has 0 atom stereocenters. The zero-order chi connectivity index (χ0) is 11.8. The number of fused-ring (bicyclic) bond motifs is 1. The summed E-state index contributed by atoms with van der Waals surface area (Å²) in [6, 6.07) is 3.26. The van der Waals surface area contributed by atoms with Crippen molar-refractivity contribution in [3.8, 4) is 5.75 Å². The maximum atomic E-state index is 11.5. The molecule has 0 saturated carbocycles. The molecular formula is C11H11N3O3. The molecule has 88 valence electrons. The molecule has 0 amide bonds. The van der Waals surface area contributed by atoms with E-state index in [1.54, 1.807) is 12.1 Å². The molecule has 3 rings (SSSR count). The fourth-order valence-corrected chi connectivity index (χ4v) is 1.68. The quantitative estimate of drug-likeness (QED) is 0.727. The molecule has 17 heavy (non-hydrogen) atoms. The minimum atomic E-state index is -0.208. The highest BCUT2D eigenvalue weighted by Gasteiger charge is 2.21. The molecular weight excluding hydrogens is 222 g/mol. The number of ether oxygens (including phenoxy) is 2. The molecule has 0 spiro atoms. The fraction of sp³-hybridized carbons (Fsp3) is 0.273. The van der Waals surface area contributed by atoms with E-state index in [0.29, 0.717) is 35.6 Å². The van der Waals surface area contributed by atoms with E-state index in [4.69, 9.17) is 15.2 Å². The molecule has 1 aliphatic rings. The van der Waals surface area contributed by atoms with Gasteiger partial charge in [0.05, 0.1) is 36.1 Å². The van der Waals surface area contributed by atoms with E-state index >= 15 is 0 Å². The van der Waals surface area contributed by atoms with Gasteiger partial charge in [-0.25, -0.2) is 4.98 Å². The molecule has 0 bridgehead atoms. The summed E-state index contributed by atoms with van der Waals surface area (Å²) in [7, 11) is 0. The lowest BCUT2D eigenvalue weighted by molar-refractivity contribution is -0.0793. The van der Waals surface area contributed by atoms with Crippen LogP contribution >= 0.6 is 0 Å². The van der Waals surface area contributed by atoms with E-state index < -0.39 is 0 Å². The van der Waals surface area contributed by atoms with Gasteiger partial charge in [0.2, 0.25) is 0 Å². The maximum absolute atomic E-state index is 11.5. The van der Waals surface area contributed by atoms with Crippen LogP contribution in [0.1, 0.15) is 0 Å². The van der Waals surface area contributed by atoms with E-state index in [-0.39, 0.29) is 11.7 Å². The number of nitrogens with two attached hydrogens (primary N) is 1. The molecule has 2 heterocycles. The number of aromatic amines is 1. The van der Waals surface area contributed by atoms with Crippen LogP contribution in [0.3, 0.4) is 0 Å². The van der Waals surface area contributed by atoms with Gasteiger partial charge in [-0.2, -0.15) is 0 Å². The Hall–Kier alpha value is -2.08. The molecule has 0 radical (unpaired) electrons. The maximum Gasteiger partial charge on any atom is 0.258 e. The Labute approximate surface area is 96.4 Å². The first kappa shape index (κ1) is 10.1. The number of nitrogen functional groups attached to an aromatic ring is 1. The number of H-pyrrole nitrogens is 1. The molecule has 6 heteroatoms. The van der Waals surface area contributed by atoms with Crippen molar-refractivity contribution >= 4 is 16.6 Å². The summed E-state index contributed by atoms with van der Waals surface area (Å²) in [5.41, 5.74) is 6.63. The second kappa shape index (κ2) is 3.74. The van der Waals surface area contributed by atoms with Crippen LogP contribution in [0, 0.1) is 0 Å². The highest BCUT2D eigenvalue weighted by Crippen LogP contribution is 2.27. The lowest BCUT2D eigenvalue weighted by Gasteiger charge is -2.27. The highest BCUT2D eigenvalue weighted by molar-refractivity contribution is 5.84. The van der Waals surface area contributed by atoms with Gasteiger partial charge >= 0.3 is 0 Å². The summed E-state index contributed by atoms with van der Waals surface area (Å²) in [6.07, 6.45) is 1.40. The molecule has 1 aromatic heterocycles. The smallest absolute Gasteiger partial charge is 0.258 e. The Morgan fingerprint density at radius 2 is 2.29 bits per heavy atom. The van der Waals surface area contributed by atoms with Crippen molar-refractivity contribution in [3.63, 3.8) is 0 Å². The number of nitrogens with one attached hydrogen (secondary N) is 1. The number of hydrogen-bond donors (Lipinski definition) is 2. The number of nitrogens with zero attached hydrogens (tertiary/aromatic N) is 1. The van der Waals surface area contributed by atoms with Crippen LogP contribution in [0.5, 0.6) is 5.75 Å². The third-order valence-corrected chi connectivity index (χ3v) is 2.67. The van der Waals surface area contributed by atoms with Gasteiger partial charge in [0.1, 0.15) is 11.9 Å². The van der Waals surface area contributed by atoms with Gasteiger partial charge in [0.15, 0.2) is 0 Å². The summed E-state index contributed by atoms with van der Waals surface area (Å²) in [5.74, 6) is 0.545. The van der Waals surface area contributed by atoms with Crippen molar-refractivity contribution in [3.05, 3.63) is 28.8 Å². The van der Waals surface area contributed by atoms with Crippen molar-refractivity contribution in [1.82, 2.24) is 9.97 Å². The van der Waals surface area contributed by atoms with Crippen molar-refractivity contribution in [2.45, 2.75) is 6.10 Å². The first-order chi connectivity index (χ1) is 8.24. The fourth-order valence-electron chi connectivity index (χ4n) is 1.68. The second-order valence-corrected chi connectivity index (χ2v) is 3.92. The number of rotatable bonds is 2. The number of hydrogen-bond acceptors (Lipinski definition) is 5. The van der Waals surface area contributed by atoms with Crippen LogP contribution < -0.4 is 16.0 Å². The first-order valence-electron chi connectivity index (χ1n) is 5.25. The monoisotopic (exact) mass is 233 g/mol. The Morgan fingerprint density at radius 1 is 1.47 bits per heavy atom. The normalized spacial score (nSPS) is 15.8. The van der Waals surface area contributed by atoms with Gasteiger partial charge in [-0.1, -0.05) is 0 Å². The standard InChI is InChI=1S/C11H11N3O3/c12-8-1-7-9(13-5-14-11(7)15)2-10(8)17-6-3-16-4-6/h1-2,5-6H,3-4,12H2,(H,13,14,15). The third kappa shape index (κ3) is 1.72. The topological polar surface area (TPSA) is 90.2 Å². The predicted octanol–water partition coefficient (Wildman–Crippen LogP) is 0.283. The van der Waals surface area contributed by atoms with Crippen LogP contribution in [0.15, 0.2) is 23.3 Å². The van der Waals surface area contributed by atoms with Crippen LogP contribution in [-0.4, -0.2) is 29.3 Å². The zero-order valence-electron chi connectivity index (χ0n) is 8.97. The van der Waals surface area contributed by atoms with Gasteiger partial charge in [-0.15, -0.1) is 0 Å². The lowest BCUT2D eigenvalue weighted by atomic mass is 10.2. The molecule has 1 fully saturated rings. The summed E-state index contributed by atoms with van der Waals surface area (Å²) in [6.45, 7) is 1.14. The Morgan fingerprint density at radius 3 is 3.00 bits per heavy atom. The van der Waals surface area contributed by atoms with E-state index in [0.717, 1.165) is 0 Å². The van der Waals surface area contributed by atoms with Crippen molar-refractivity contribution in [1.29, 1.82) is 0 Å². The van der Waals surface area contributed by atoms with E-state index in [9.17, 15) is 4.79 Å². The summed E-state index contributed by atoms with van der Waals surface area (Å²) < 4.78 is 10.6. The molecule has 0 unspecified atom stereocenters. The molecule has 2 aromatic rings. The molecule has 3 N–H and O–H groups in total. The molecule has 1 aliphatic heterocycles. The lowest BCUT2D eigenvalue weighted by Crippen LogP contribution is -2.38. The number of anilines is 1. The van der Waals surface area contributed by atoms with Crippen LogP contribution in [0.4, 0.5) is 5.69 Å². The second-order valence-electron chi connectivity index (χ2n) is 3.92. The van der Waals surface area contributed by atoms with Crippen LogP contribution in [-0.2, 0) is 4.74 Å². The van der Waals surface area contributed by atoms with Crippen LogP contribution in [0.25, 0.3) is 10.9 Å². The van der Waals surface area contributed by atoms with Crippen molar-refractivity contribution in [2.24, 2.45) is 0 Å². The van der Waals surface area contributed by atoms with E-state index in [1.165, 1.54) is 6.33 Å². The minimum Gasteiger partial charge on any atom is -0.483 e. The molecule has 6 nitrogen and oxygen atoms in total. The van der Waals surface area contributed by atoms with Gasteiger partial charge in [-0.05, 0) is 6.07 Å². The van der Waals surface area contributed by atoms with E-state index in [1.807, 2.05) is 0 Å². The van der Waals surface area contributed by atoms with Gasteiger partial charge in [0, 0.05) is 6.07 Å². The van der Waals surface area contributed by atoms with Crippen molar-refractivity contribution < 1.29 is 9.47 Å². The Kier molecular flexibility index (Phi) is 2.22. The Bertz CT molecular complexity index is 619. The predicted molar refractivity (Wildman–Crippen MR) is 62.0 cm³/mol. The number of aromatic nitrogens is 2. The van der Waals surface area contributed by atoms with Gasteiger partial charge < -0.3 is 20.2 Å². The highest BCUT2D eigenvalue weighted by atomic mass is 16.6. The zero-order valence-corrected chi connectivity index (χ0v) is 8.97. The van der Waals surface area contributed by atoms with E-state index in [2.05, 4.69) is 9.97 Å². The molecule has 0 aliphatic carbocycles. The molecule has 1 saturated heterocycles. The van der Waals surface area contributed by atoms with Crippen molar-refractivity contribution in [2.75, 3.05) is 18.9 Å². The first-order valence-corrected chi connectivity index (χ1v) is 5.25. The largest absolute Gasteiger partial charge is 0.483 e. The minimum absolute atomic E-state index is 0.0387. The number of benzene rings is 1. The van der Waals surface area contributed by atoms with Gasteiger partial charge in [-0.3, -0.25) is 4.79 Å². The summed E-state index contributed by atoms with van der Waals surface area (Å²) in [4.78, 5) is 18.1. The summed E-state index contributed by atoms with van der Waals surface area (Å²) in [5, 5.41) is 0.460. The van der Waals surface area contributed by atoms with Gasteiger partial charge in [0.25, 0.3) is 5.56 Å². The summed E-state index contributed by atoms with van der Waals surface area (Å²) >= 11 is 0. The Balaban J connectivity index is 2.07. The van der Waals surface area contributed by atoms with Crippen LogP contribution in [0.2, 0.25) is 0 Å². The third-order valence-electron chi connectivity index (χ3n) is 2.67. The average molecular weight is 233 g/mol. The molecule has 1 aromatic carbocycles.